The highest BCUT2D eigenvalue weighted by atomic mass is 16.2. The summed E-state index contributed by atoms with van der Waals surface area (Å²) in [5.41, 5.74) is 7.74. The zero-order valence-electron chi connectivity index (χ0n) is 9.52. The molecule has 0 spiro atoms. The third kappa shape index (κ3) is 1.76. The van der Waals surface area contributed by atoms with E-state index in [0.29, 0.717) is 26.2 Å². The molecular formula is C12H17N3O. The van der Waals surface area contributed by atoms with Crippen LogP contribution in [0.25, 0.3) is 0 Å². The molecule has 1 aliphatic rings. The van der Waals surface area contributed by atoms with Crippen LogP contribution in [-0.2, 0) is 6.54 Å². The summed E-state index contributed by atoms with van der Waals surface area (Å²) in [5, 5.41) is 0. The van der Waals surface area contributed by atoms with Crippen molar-refractivity contribution in [2.45, 2.75) is 13.5 Å². The van der Waals surface area contributed by atoms with Crippen LogP contribution in [0.1, 0.15) is 12.5 Å². The fourth-order valence-electron chi connectivity index (χ4n) is 2.09. The lowest BCUT2D eigenvalue weighted by Crippen LogP contribution is -2.48. The van der Waals surface area contributed by atoms with Crippen molar-refractivity contribution in [3.8, 4) is 0 Å². The molecule has 0 bridgehead atoms. The van der Waals surface area contributed by atoms with Gasteiger partial charge in [0.05, 0.1) is 5.69 Å². The summed E-state index contributed by atoms with van der Waals surface area (Å²) in [6.45, 7) is 4.47. The molecule has 0 saturated heterocycles. The monoisotopic (exact) mass is 219 g/mol. The van der Waals surface area contributed by atoms with Crippen molar-refractivity contribution < 1.29 is 4.79 Å². The summed E-state index contributed by atoms with van der Waals surface area (Å²) in [6, 6.07) is 8.09. The number of para-hydroxylation sites is 1. The molecule has 2 N–H and O–H groups in total. The van der Waals surface area contributed by atoms with E-state index in [9.17, 15) is 4.79 Å². The fourth-order valence-corrected chi connectivity index (χ4v) is 2.09. The van der Waals surface area contributed by atoms with Crippen LogP contribution in [0.3, 0.4) is 0 Å². The standard InChI is InChI=1S/C12H17N3O/c1-2-15-11-6-4-3-5-10(11)9-14(8-7-13)12(15)16/h3-6H,2,7-9,13H2,1H3. The smallest absolute Gasteiger partial charge is 0.324 e. The van der Waals surface area contributed by atoms with Gasteiger partial charge >= 0.3 is 6.03 Å². The molecule has 2 rings (SSSR count). The number of fused-ring (bicyclic) bond motifs is 1. The van der Waals surface area contributed by atoms with Crippen LogP contribution in [0.2, 0.25) is 0 Å². The van der Waals surface area contributed by atoms with Gasteiger partial charge in [0, 0.05) is 26.2 Å². The fraction of sp³-hybridized carbons (Fsp3) is 0.417. The number of anilines is 1. The van der Waals surface area contributed by atoms with Crippen molar-refractivity contribution in [1.82, 2.24) is 4.90 Å². The quantitative estimate of drug-likeness (QED) is 0.835. The molecule has 4 nitrogen and oxygen atoms in total. The van der Waals surface area contributed by atoms with E-state index in [1.807, 2.05) is 25.1 Å². The lowest BCUT2D eigenvalue weighted by atomic mass is 10.1. The van der Waals surface area contributed by atoms with Gasteiger partial charge in [-0.15, -0.1) is 0 Å². The maximum absolute atomic E-state index is 12.1. The Hall–Kier alpha value is -1.55. The van der Waals surface area contributed by atoms with E-state index in [1.54, 1.807) is 9.80 Å². The molecule has 4 heteroatoms. The van der Waals surface area contributed by atoms with Gasteiger partial charge in [0.1, 0.15) is 0 Å². The van der Waals surface area contributed by atoms with Crippen LogP contribution in [0.5, 0.6) is 0 Å². The molecule has 1 aromatic rings. The first kappa shape index (κ1) is 11.0. The largest absolute Gasteiger partial charge is 0.329 e. The number of rotatable bonds is 3. The Morgan fingerprint density at radius 1 is 1.38 bits per heavy atom. The normalized spacial score (nSPS) is 15.2. The summed E-state index contributed by atoms with van der Waals surface area (Å²) in [4.78, 5) is 15.7. The number of hydrogen-bond donors (Lipinski definition) is 1. The molecule has 2 amide bonds. The Morgan fingerprint density at radius 3 is 2.81 bits per heavy atom. The van der Waals surface area contributed by atoms with E-state index < -0.39 is 0 Å². The topological polar surface area (TPSA) is 49.6 Å². The molecule has 0 aromatic heterocycles. The molecule has 16 heavy (non-hydrogen) atoms. The number of hydrogen-bond acceptors (Lipinski definition) is 2. The highest BCUT2D eigenvalue weighted by Gasteiger charge is 2.27. The van der Waals surface area contributed by atoms with Gasteiger partial charge in [0.15, 0.2) is 0 Å². The highest BCUT2D eigenvalue weighted by molar-refractivity contribution is 5.94. The van der Waals surface area contributed by atoms with Crippen LogP contribution in [0.4, 0.5) is 10.5 Å². The highest BCUT2D eigenvalue weighted by Crippen LogP contribution is 2.27. The lowest BCUT2D eigenvalue weighted by Gasteiger charge is -2.36. The molecule has 86 valence electrons. The molecule has 0 unspecified atom stereocenters. The van der Waals surface area contributed by atoms with Crippen LogP contribution in [0, 0.1) is 0 Å². The average molecular weight is 219 g/mol. The van der Waals surface area contributed by atoms with Gasteiger partial charge in [-0.2, -0.15) is 0 Å². The number of urea groups is 1. The van der Waals surface area contributed by atoms with Crippen LogP contribution in [-0.4, -0.2) is 30.6 Å². The van der Waals surface area contributed by atoms with E-state index in [1.165, 1.54) is 5.56 Å². The molecule has 1 aromatic carbocycles. The minimum atomic E-state index is 0.0617. The Balaban J connectivity index is 2.35. The van der Waals surface area contributed by atoms with Gasteiger partial charge in [-0.05, 0) is 18.6 Å². The number of nitrogens with zero attached hydrogens (tertiary/aromatic N) is 2. The van der Waals surface area contributed by atoms with Crippen LogP contribution >= 0.6 is 0 Å². The van der Waals surface area contributed by atoms with Crippen molar-refractivity contribution in [3.63, 3.8) is 0 Å². The molecular weight excluding hydrogens is 202 g/mol. The number of amides is 2. The van der Waals surface area contributed by atoms with E-state index >= 15 is 0 Å². The van der Waals surface area contributed by atoms with Crippen molar-refractivity contribution in [1.29, 1.82) is 0 Å². The SMILES string of the molecule is CCN1C(=O)N(CCN)Cc2ccccc21. The zero-order chi connectivity index (χ0) is 11.5. The maximum Gasteiger partial charge on any atom is 0.324 e. The first-order valence-corrected chi connectivity index (χ1v) is 5.62. The molecule has 0 aliphatic carbocycles. The number of nitrogens with two attached hydrogens (primary N) is 1. The minimum absolute atomic E-state index is 0.0617. The summed E-state index contributed by atoms with van der Waals surface area (Å²) in [7, 11) is 0. The van der Waals surface area contributed by atoms with Crippen molar-refractivity contribution in [2.24, 2.45) is 5.73 Å². The predicted octanol–water partition coefficient (Wildman–Crippen LogP) is 1.41. The third-order valence-electron chi connectivity index (χ3n) is 2.86. The zero-order valence-corrected chi connectivity index (χ0v) is 9.52. The van der Waals surface area contributed by atoms with Gasteiger partial charge in [-0.3, -0.25) is 4.90 Å². The Bertz CT molecular complexity index is 392. The van der Waals surface area contributed by atoms with E-state index in [4.69, 9.17) is 5.73 Å². The lowest BCUT2D eigenvalue weighted by molar-refractivity contribution is 0.200. The van der Waals surface area contributed by atoms with Crippen LogP contribution in [0.15, 0.2) is 24.3 Å². The Morgan fingerprint density at radius 2 is 2.12 bits per heavy atom. The van der Waals surface area contributed by atoms with Gasteiger partial charge in [-0.25, -0.2) is 4.79 Å². The summed E-state index contributed by atoms with van der Waals surface area (Å²) in [5.74, 6) is 0. The van der Waals surface area contributed by atoms with Crippen molar-refractivity contribution in [2.75, 3.05) is 24.5 Å². The van der Waals surface area contributed by atoms with Crippen LogP contribution < -0.4 is 10.6 Å². The second-order valence-corrected chi connectivity index (χ2v) is 3.87. The predicted molar refractivity (Wildman–Crippen MR) is 64.3 cm³/mol. The number of carbonyl (C=O) groups is 1. The Labute approximate surface area is 95.6 Å². The molecule has 0 fully saturated rings. The third-order valence-corrected chi connectivity index (χ3v) is 2.86. The van der Waals surface area contributed by atoms with Crippen molar-refractivity contribution in [3.05, 3.63) is 29.8 Å². The number of carbonyl (C=O) groups excluding carboxylic acids is 1. The molecule has 0 radical (unpaired) electrons. The van der Waals surface area contributed by atoms with Gasteiger partial charge in [0.25, 0.3) is 0 Å². The molecule has 1 aliphatic heterocycles. The van der Waals surface area contributed by atoms with Gasteiger partial charge in [-0.1, -0.05) is 18.2 Å². The number of benzene rings is 1. The minimum Gasteiger partial charge on any atom is -0.329 e. The summed E-state index contributed by atoms with van der Waals surface area (Å²) in [6.07, 6.45) is 0. The summed E-state index contributed by atoms with van der Waals surface area (Å²) < 4.78 is 0. The molecule has 1 heterocycles. The van der Waals surface area contributed by atoms with Crippen molar-refractivity contribution >= 4 is 11.7 Å². The first-order chi connectivity index (χ1) is 7.77. The molecule has 0 atom stereocenters. The van der Waals surface area contributed by atoms with E-state index in [2.05, 4.69) is 6.07 Å². The average Bonchev–Trinajstić information content (AvgIpc) is 2.31. The van der Waals surface area contributed by atoms with Gasteiger partial charge in [0.2, 0.25) is 0 Å². The first-order valence-electron chi connectivity index (χ1n) is 5.62. The second-order valence-electron chi connectivity index (χ2n) is 3.87. The van der Waals surface area contributed by atoms with E-state index in [0.717, 1.165) is 5.69 Å². The van der Waals surface area contributed by atoms with Gasteiger partial charge < -0.3 is 10.6 Å². The summed E-state index contributed by atoms with van der Waals surface area (Å²) >= 11 is 0. The Kier molecular flexibility index (Phi) is 3.10. The maximum atomic E-state index is 12.1. The van der Waals surface area contributed by atoms with E-state index in [-0.39, 0.29) is 6.03 Å². The second kappa shape index (κ2) is 4.53. The molecule has 0 saturated carbocycles.